The maximum absolute atomic E-state index is 12.9. The molecule has 3 aromatic rings. The molecule has 3 aromatic carbocycles. The molecule has 0 aliphatic carbocycles. The largest absolute Gasteiger partial charge is 0.367 e. The summed E-state index contributed by atoms with van der Waals surface area (Å²) in [6, 6.07) is 16.4. The van der Waals surface area contributed by atoms with E-state index in [-0.39, 0.29) is 22.2 Å². The topological polar surface area (TPSA) is 95.8 Å². The van der Waals surface area contributed by atoms with Crippen molar-refractivity contribution in [3.63, 3.8) is 0 Å². The fourth-order valence-electron chi connectivity index (χ4n) is 3.97. The lowest BCUT2D eigenvalue weighted by Gasteiger charge is -2.36. The number of nitrogens with zero attached hydrogens (tertiary/aromatic N) is 3. The summed E-state index contributed by atoms with van der Waals surface area (Å²) in [7, 11) is 0. The van der Waals surface area contributed by atoms with Crippen molar-refractivity contribution in [2.45, 2.75) is 6.92 Å². The highest BCUT2D eigenvalue weighted by Gasteiger charge is 2.24. The minimum atomic E-state index is -0.579. The number of rotatable bonds is 5. The van der Waals surface area contributed by atoms with Crippen LogP contribution >= 0.6 is 23.2 Å². The molecule has 0 unspecified atom stereocenters. The van der Waals surface area contributed by atoms with E-state index in [9.17, 15) is 19.7 Å². The summed E-state index contributed by atoms with van der Waals surface area (Å²) in [4.78, 5) is 39.7. The number of anilines is 2. The molecule has 10 heteroatoms. The van der Waals surface area contributed by atoms with E-state index in [1.807, 2.05) is 42.2 Å². The fourth-order valence-corrected chi connectivity index (χ4v) is 4.54. The molecule has 0 aromatic heterocycles. The van der Waals surface area contributed by atoms with Gasteiger partial charge in [-0.2, -0.15) is 0 Å². The predicted octanol–water partition coefficient (Wildman–Crippen LogP) is 5.42. The molecule has 1 aliphatic rings. The average molecular weight is 513 g/mol. The minimum absolute atomic E-state index is 0.0162. The summed E-state index contributed by atoms with van der Waals surface area (Å²) in [5.41, 5.74) is 2.86. The second kappa shape index (κ2) is 10.3. The number of nitrogens with one attached hydrogen (secondary N) is 1. The van der Waals surface area contributed by atoms with Crippen LogP contribution in [0.25, 0.3) is 0 Å². The molecule has 1 N–H and O–H groups in total. The normalized spacial score (nSPS) is 13.5. The number of aryl methyl sites for hydroxylation is 1. The van der Waals surface area contributed by atoms with E-state index < -0.39 is 10.8 Å². The minimum Gasteiger partial charge on any atom is -0.367 e. The number of carbonyl (C=O) groups excluding carboxylic acids is 2. The lowest BCUT2D eigenvalue weighted by molar-refractivity contribution is -0.384. The van der Waals surface area contributed by atoms with Crippen molar-refractivity contribution >= 4 is 52.1 Å². The van der Waals surface area contributed by atoms with Crippen LogP contribution in [-0.2, 0) is 0 Å². The Hall–Kier alpha value is -3.62. The quantitative estimate of drug-likeness (QED) is 0.363. The molecular weight excluding hydrogens is 491 g/mol. The van der Waals surface area contributed by atoms with Gasteiger partial charge >= 0.3 is 0 Å². The molecule has 1 fully saturated rings. The highest BCUT2D eigenvalue weighted by Crippen LogP contribution is 2.31. The number of nitro benzene ring substituents is 1. The first-order valence-corrected chi connectivity index (χ1v) is 11.6. The molecule has 8 nitrogen and oxygen atoms in total. The number of nitro groups is 1. The Morgan fingerprint density at radius 2 is 1.63 bits per heavy atom. The number of non-ortho nitro benzene ring substituents is 1. The van der Waals surface area contributed by atoms with Crippen LogP contribution in [-0.4, -0.2) is 47.8 Å². The lowest BCUT2D eigenvalue weighted by Crippen LogP contribution is -2.49. The van der Waals surface area contributed by atoms with Gasteiger partial charge in [0.15, 0.2) is 0 Å². The Balaban J connectivity index is 1.40. The number of carbonyl (C=O) groups is 2. The SMILES string of the molecule is Cc1ccccc1C(=O)N1CCN(c2ccc(NC(=O)c3ccc([N+](=O)[O-])cc3Cl)cc2Cl)CC1. The van der Waals surface area contributed by atoms with Crippen LogP contribution in [0.5, 0.6) is 0 Å². The van der Waals surface area contributed by atoms with E-state index in [4.69, 9.17) is 23.2 Å². The number of amides is 2. The van der Waals surface area contributed by atoms with E-state index >= 15 is 0 Å². The van der Waals surface area contributed by atoms with Crippen molar-refractivity contribution in [3.8, 4) is 0 Å². The van der Waals surface area contributed by atoms with Crippen molar-refractivity contribution in [3.05, 3.63) is 97.5 Å². The Morgan fingerprint density at radius 3 is 2.26 bits per heavy atom. The Labute approximate surface area is 212 Å². The maximum Gasteiger partial charge on any atom is 0.270 e. The van der Waals surface area contributed by atoms with Gasteiger partial charge in [0.05, 0.1) is 26.2 Å². The molecule has 1 aliphatic heterocycles. The molecule has 1 saturated heterocycles. The lowest BCUT2D eigenvalue weighted by atomic mass is 10.1. The molecule has 180 valence electrons. The molecule has 0 saturated carbocycles. The molecule has 2 amide bonds. The third-order valence-electron chi connectivity index (χ3n) is 5.90. The van der Waals surface area contributed by atoms with E-state index in [1.54, 1.807) is 12.1 Å². The van der Waals surface area contributed by atoms with E-state index in [2.05, 4.69) is 10.2 Å². The zero-order valence-electron chi connectivity index (χ0n) is 18.8. The smallest absolute Gasteiger partial charge is 0.270 e. The first-order chi connectivity index (χ1) is 16.7. The number of hydrogen-bond donors (Lipinski definition) is 1. The second-order valence-corrected chi connectivity index (χ2v) is 8.95. The average Bonchev–Trinajstić information content (AvgIpc) is 2.84. The summed E-state index contributed by atoms with van der Waals surface area (Å²) in [5, 5.41) is 14.0. The van der Waals surface area contributed by atoms with Crippen LogP contribution in [0.2, 0.25) is 10.0 Å². The highest BCUT2D eigenvalue weighted by atomic mass is 35.5. The van der Waals surface area contributed by atoms with Crippen LogP contribution < -0.4 is 10.2 Å². The number of hydrogen-bond acceptors (Lipinski definition) is 5. The van der Waals surface area contributed by atoms with Gasteiger partial charge < -0.3 is 15.1 Å². The highest BCUT2D eigenvalue weighted by molar-refractivity contribution is 6.35. The first-order valence-electron chi connectivity index (χ1n) is 10.9. The number of benzene rings is 3. The molecule has 35 heavy (non-hydrogen) atoms. The standard InChI is InChI=1S/C25H22Cl2N4O4/c1-16-4-2-3-5-19(16)25(33)30-12-10-29(11-13-30)23-9-6-17(14-22(23)27)28-24(32)20-8-7-18(31(34)35)15-21(20)26/h2-9,14-15H,10-13H2,1H3,(H,28,32). The third kappa shape index (κ3) is 5.39. The molecular formula is C25H22Cl2N4O4. The molecule has 4 rings (SSSR count). The van der Waals surface area contributed by atoms with Crippen molar-refractivity contribution in [1.82, 2.24) is 4.90 Å². The summed E-state index contributed by atoms with van der Waals surface area (Å²) in [6.07, 6.45) is 0. The van der Waals surface area contributed by atoms with Gasteiger partial charge in [0, 0.05) is 49.6 Å². The van der Waals surface area contributed by atoms with Gasteiger partial charge in [0.2, 0.25) is 0 Å². The van der Waals surface area contributed by atoms with Crippen molar-refractivity contribution < 1.29 is 14.5 Å². The van der Waals surface area contributed by atoms with Gasteiger partial charge in [-0.05, 0) is 42.8 Å². The predicted molar refractivity (Wildman–Crippen MR) is 137 cm³/mol. The summed E-state index contributed by atoms with van der Waals surface area (Å²) >= 11 is 12.6. The number of halogens is 2. The summed E-state index contributed by atoms with van der Waals surface area (Å²) in [6.45, 7) is 4.32. The van der Waals surface area contributed by atoms with Gasteiger partial charge in [0.1, 0.15) is 0 Å². The first kappa shape index (κ1) is 24.5. The molecule has 0 atom stereocenters. The van der Waals surface area contributed by atoms with Crippen molar-refractivity contribution in [2.24, 2.45) is 0 Å². The van der Waals surface area contributed by atoms with E-state index in [1.165, 1.54) is 12.1 Å². The summed E-state index contributed by atoms with van der Waals surface area (Å²) < 4.78 is 0. The Bertz CT molecular complexity index is 1310. The second-order valence-electron chi connectivity index (χ2n) is 8.14. The Morgan fingerprint density at radius 1 is 0.914 bits per heavy atom. The van der Waals surface area contributed by atoms with Crippen molar-refractivity contribution in [1.29, 1.82) is 0 Å². The van der Waals surface area contributed by atoms with Crippen LogP contribution in [0.15, 0.2) is 60.7 Å². The Kier molecular flexibility index (Phi) is 7.23. The van der Waals surface area contributed by atoms with Crippen LogP contribution in [0.3, 0.4) is 0 Å². The molecule has 1 heterocycles. The third-order valence-corrected chi connectivity index (χ3v) is 6.51. The molecule has 0 bridgehead atoms. The van der Waals surface area contributed by atoms with Crippen LogP contribution in [0.1, 0.15) is 26.3 Å². The number of piperazine rings is 1. The fraction of sp³-hybridized carbons (Fsp3) is 0.200. The van der Waals surface area contributed by atoms with Gasteiger partial charge in [0.25, 0.3) is 17.5 Å². The molecule has 0 spiro atoms. The van der Waals surface area contributed by atoms with Crippen molar-refractivity contribution in [2.75, 3.05) is 36.4 Å². The zero-order chi connectivity index (χ0) is 25.1. The van der Waals surface area contributed by atoms with Crippen LogP contribution in [0.4, 0.5) is 17.1 Å². The monoisotopic (exact) mass is 512 g/mol. The van der Waals surface area contributed by atoms with Gasteiger partial charge in [-0.3, -0.25) is 19.7 Å². The van der Waals surface area contributed by atoms with Gasteiger partial charge in [-0.15, -0.1) is 0 Å². The van der Waals surface area contributed by atoms with E-state index in [0.29, 0.717) is 42.5 Å². The zero-order valence-corrected chi connectivity index (χ0v) is 20.3. The maximum atomic E-state index is 12.9. The molecule has 0 radical (unpaired) electrons. The van der Waals surface area contributed by atoms with Gasteiger partial charge in [-0.25, -0.2) is 0 Å². The van der Waals surface area contributed by atoms with Crippen LogP contribution in [0, 0.1) is 17.0 Å². The van der Waals surface area contributed by atoms with E-state index in [0.717, 1.165) is 17.3 Å². The summed E-state index contributed by atoms with van der Waals surface area (Å²) in [5.74, 6) is -0.478. The van der Waals surface area contributed by atoms with Gasteiger partial charge in [-0.1, -0.05) is 41.4 Å².